The van der Waals surface area contributed by atoms with E-state index in [1.807, 2.05) is 31.2 Å². The first kappa shape index (κ1) is 10.8. The molecule has 0 saturated carbocycles. The third kappa shape index (κ3) is 1.84. The zero-order chi connectivity index (χ0) is 12.5. The third-order valence-electron chi connectivity index (χ3n) is 3.15. The van der Waals surface area contributed by atoms with Crippen LogP contribution in [-0.2, 0) is 6.42 Å². The molecule has 2 N–H and O–H groups in total. The molecule has 0 amide bonds. The Bertz CT molecular complexity index is 681. The molecule has 0 aliphatic rings. The van der Waals surface area contributed by atoms with E-state index in [9.17, 15) is 0 Å². The van der Waals surface area contributed by atoms with E-state index in [0.717, 1.165) is 23.6 Å². The monoisotopic (exact) mass is 237 g/mol. The summed E-state index contributed by atoms with van der Waals surface area (Å²) in [6.45, 7) is 2.04. The van der Waals surface area contributed by atoms with Crippen molar-refractivity contribution < 1.29 is 0 Å². The van der Waals surface area contributed by atoms with E-state index in [0.29, 0.717) is 0 Å². The standard InChI is InChI=1S/C15H15N3/c1-11-14-4-2-3-9-18(14)15(17-11)10-12-5-7-13(16)8-6-12/h2-9H,10,16H2,1H3. The molecule has 3 rings (SSSR count). The molecule has 18 heavy (non-hydrogen) atoms. The number of fused-ring (bicyclic) bond motifs is 1. The predicted molar refractivity (Wildman–Crippen MR) is 73.6 cm³/mol. The van der Waals surface area contributed by atoms with Gasteiger partial charge in [-0.15, -0.1) is 0 Å². The van der Waals surface area contributed by atoms with Gasteiger partial charge in [0.2, 0.25) is 0 Å². The second-order valence-electron chi connectivity index (χ2n) is 4.49. The third-order valence-corrected chi connectivity index (χ3v) is 3.15. The number of nitrogen functional groups attached to an aromatic ring is 1. The van der Waals surface area contributed by atoms with Gasteiger partial charge in [0, 0.05) is 18.3 Å². The van der Waals surface area contributed by atoms with Gasteiger partial charge in [-0.3, -0.25) is 0 Å². The molecule has 2 aromatic heterocycles. The van der Waals surface area contributed by atoms with Gasteiger partial charge in [0.1, 0.15) is 5.82 Å². The summed E-state index contributed by atoms with van der Waals surface area (Å²) in [7, 11) is 0. The maximum Gasteiger partial charge on any atom is 0.117 e. The summed E-state index contributed by atoms with van der Waals surface area (Å²) in [6, 6.07) is 14.1. The van der Waals surface area contributed by atoms with Crippen LogP contribution in [0.5, 0.6) is 0 Å². The van der Waals surface area contributed by atoms with E-state index in [2.05, 4.69) is 33.8 Å². The molecule has 0 atom stereocenters. The summed E-state index contributed by atoms with van der Waals surface area (Å²) in [5, 5.41) is 0. The molecule has 0 radical (unpaired) electrons. The fraction of sp³-hybridized carbons (Fsp3) is 0.133. The molecule has 1 aromatic carbocycles. The number of benzene rings is 1. The highest BCUT2D eigenvalue weighted by atomic mass is 15.0. The fourth-order valence-electron chi connectivity index (χ4n) is 2.21. The van der Waals surface area contributed by atoms with Crippen LogP contribution in [0.25, 0.3) is 5.52 Å². The lowest BCUT2D eigenvalue weighted by atomic mass is 10.1. The summed E-state index contributed by atoms with van der Waals surface area (Å²) in [5.74, 6) is 1.06. The lowest BCUT2D eigenvalue weighted by Crippen LogP contribution is -1.96. The highest BCUT2D eigenvalue weighted by Gasteiger charge is 2.07. The molecule has 3 heteroatoms. The Morgan fingerprint density at radius 2 is 1.89 bits per heavy atom. The minimum absolute atomic E-state index is 0.794. The minimum Gasteiger partial charge on any atom is -0.399 e. The van der Waals surface area contributed by atoms with E-state index in [-0.39, 0.29) is 0 Å². The second-order valence-corrected chi connectivity index (χ2v) is 4.49. The van der Waals surface area contributed by atoms with Gasteiger partial charge in [-0.25, -0.2) is 4.98 Å². The SMILES string of the molecule is Cc1nc(Cc2ccc(N)cc2)n2ccccc12. The molecule has 0 fully saturated rings. The molecule has 0 spiro atoms. The minimum atomic E-state index is 0.794. The van der Waals surface area contributed by atoms with Crippen molar-refractivity contribution in [3.63, 3.8) is 0 Å². The lowest BCUT2D eigenvalue weighted by Gasteiger charge is -2.02. The topological polar surface area (TPSA) is 43.3 Å². The van der Waals surface area contributed by atoms with Gasteiger partial charge in [0.15, 0.2) is 0 Å². The molecule has 2 heterocycles. The second kappa shape index (κ2) is 4.18. The molecule has 3 aromatic rings. The van der Waals surface area contributed by atoms with Crippen molar-refractivity contribution in [1.82, 2.24) is 9.38 Å². The number of aryl methyl sites for hydroxylation is 1. The molecule has 0 aliphatic carbocycles. The van der Waals surface area contributed by atoms with Gasteiger partial charge in [0.25, 0.3) is 0 Å². The Balaban J connectivity index is 2.02. The Labute approximate surface area is 106 Å². The van der Waals surface area contributed by atoms with Crippen LogP contribution in [0.3, 0.4) is 0 Å². The Morgan fingerprint density at radius 1 is 1.11 bits per heavy atom. The van der Waals surface area contributed by atoms with Crippen LogP contribution in [0, 0.1) is 6.92 Å². The van der Waals surface area contributed by atoms with Crippen LogP contribution in [0.2, 0.25) is 0 Å². The molecule has 0 saturated heterocycles. The smallest absolute Gasteiger partial charge is 0.117 e. The number of anilines is 1. The number of hydrogen-bond acceptors (Lipinski definition) is 2. The highest BCUT2D eigenvalue weighted by molar-refractivity contribution is 5.53. The van der Waals surface area contributed by atoms with E-state index in [4.69, 9.17) is 5.73 Å². The number of hydrogen-bond donors (Lipinski definition) is 1. The van der Waals surface area contributed by atoms with Crippen LogP contribution < -0.4 is 5.73 Å². The van der Waals surface area contributed by atoms with Gasteiger partial charge < -0.3 is 10.1 Å². The summed E-state index contributed by atoms with van der Waals surface area (Å²) in [5.41, 5.74) is 9.95. The van der Waals surface area contributed by atoms with Crippen LogP contribution in [-0.4, -0.2) is 9.38 Å². The van der Waals surface area contributed by atoms with Gasteiger partial charge in [0.05, 0.1) is 11.2 Å². The average Bonchev–Trinajstić information content (AvgIpc) is 2.70. The van der Waals surface area contributed by atoms with E-state index < -0.39 is 0 Å². The molecular formula is C15H15N3. The molecule has 0 bridgehead atoms. The van der Waals surface area contributed by atoms with Gasteiger partial charge >= 0.3 is 0 Å². The van der Waals surface area contributed by atoms with Crippen molar-refractivity contribution in [1.29, 1.82) is 0 Å². The van der Waals surface area contributed by atoms with Crippen LogP contribution in [0.1, 0.15) is 17.1 Å². The van der Waals surface area contributed by atoms with Crippen molar-refractivity contribution in [3.05, 3.63) is 65.7 Å². The van der Waals surface area contributed by atoms with Crippen molar-refractivity contribution >= 4 is 11.2 Å². The van der Waals surface area contributed by atoms with Gasteiger partial charge in [-0.05, 0) is 36.8 Å². The number of pyridine rings is 1. The van der Waals surface area contributed by atoms with Crippen LogP contribution >= 0.6 is 0 Å². The van der Waals surface area contributed by atoms with Gasteiger partial charge in [-0.1, -0.05) is 18.2 Å². The number of nitrogens with zero attached hydrogens (tertiary/aromatic N) is 2. The van der Waals surface area contributed by atoms with E-state index in [1.165, 1.54) is 11.1 Å². The summed E-state index contributed by atoms with van der Waals surface area (Å²) in [6.07, 6.45) is 2.88. The average molecular weight is 237 g/mol. The maximum atomic E-state index is 5.69. The molecule has 90 valence electrons. The van der Waals surface area contributed by atoms with Crippen molar-refractivity contribution in [2.24, 2.45) is 0 Å². The predicted octanol–water partition coefficient (Wildman–Crippen LogP) is 2.82. The number of nitrogens with two attached hydrogens (primary N) is 1. The Kier molecular flexibility index (Phi) is 2.52. The molecule has 0 unspecified atom stereocenters. The molecule has 3 nitrogen and oxygen atoms in total. The zero-order valence-electron chi connectivity index (χ0n) is 10.3. The Hall–Kier alpha value is -2.29. The highest BCUT2D eigenvalue weighted by Crippen LogP contribution is 2.16. The van der Waals surface area contributed by atoms with Crippen LogP contribution in [0.15, 0.2) is 48.7 Å². The number of rotatable bonds is 2. The zero-order valence-corrected chi connectivity index (χ0v) is 10.3. The van der Waals surface area contributed by atoms with E-state index in [1.54, 1.807) is 0 Å². The van der Waals surface area contributed by atoms with Crippen molar-refractivity contribution in [3.8, 4) is 0 Å². The van der Waals surface area contributed by atoms with Gasteiger partial charge in [-0.2, -0.15) is 0 Å². The fourth-order valence-corrected chi connectivity index (χ4v) is 2.21. The molecule has 0 aliphatic heterocycles. The summed E-state index contributed by atoms with van der Waals surface area (Å²) in [4.78, 5) is 4.64. The summed E-state index contributed by atoms with van der Waals surface area (Å²) < 4.78 is 2.14. The number of aromatic nitrogens is 2. The Morgan fingerprint density at radius 3 is 2.67 bits per heavy atom. The van der Waals surface area contributed by atoms with E-state index >= 15 is 0 Å². The first-order chi connectivity index (χ1) is 8.74. The number of imidazole rings is 1. The largest absolute Gasteiger partial charge is 0.399 e. The lowest BCUT2D eigenvalue weighted by molar-refractivity contribution is 0.957. The maximum absolute atomic E-state index is 5.69. The quantitative estimate of drug-likeness (QED) is 0.696. The van der Waals surface area contributed by atoms with Crippen LogP contribution in [0.4, 0.5) is 5.69 Å². The van der Waals surface area contributed by atoms with Crippen molar-refractivity contribution in [2.45, 2.75) is 13.3 Å². The normalized spacial score (nSPS) is 10.9. The molecular weight excluding hydrogens is 222 g/mol. The first-order valence-electron chi connectivity index (χ1n) is 6.01. The summed E-state index contributed by atoms with van der Waals surface area (Å²) >= 11 is 0. The van der Waals surface area contributed by atoms with Crippen molar-refractivity contribution in [2.75, 3.05) is 5.73 Å². The first-order valence-corrected chi connectivity index (χ1v) is 6.01.